The lowest BCUT2D eigenvalue weighted by Gasteiger charge is -2.19. The van der Waals surface area contributed by atoms with Crippen molar-refractivity contribution in [2.24, 2.45) is 5.92 Å². The molecule has 6 nitrogen and oxygen atoms in total. The van der Waals surface area contributed by atoms with E-state index in [0.29, 0.717) is 11.6 Å². The van der Waals surface area contributed by atoms with Gasteiger partial charge >= 0.3 is 5.69 Å². The largest absolute Gasteiger partial charge is 0.490 e. The van der Waals surface area contributed by atoms with E-state index < -0.39 is 4.92 Å². The number of nitrogens with zero attached hydrogens (tertiary/aromatic N) is 1. The van der Waals surface area contributed by atoms with Gasteiger partial charge in [-0.15, -0.1) is 0 Å². The Hall–Kier alpha value is -1.82. The van der Waals surface area contributed by atoms with Crippen LogP contribution in [0.4, 0.5) is 11.4 Å². The normalized spacial score (nSPS) is 12.3. The van der Waals surface area contributed by atoms with Crippen molar-refractivity contribution in [1.29, 1.82) is 0 Å². The molecule has 0 saturated carbocycles. The summed E-state index contributed by atoms with van der Waals surface area (Å²) in [5.74, 6) is 0.654. The molecule has 0 radical (unpaired) electrons. The Morgan fingerprint density at radius 3 is 2.63 bits per heavy atom. The molecule has 1 rings (SSSR count). The van der Waals surface area contributed by atoms with Crippen LogP contribution in [0.25, 0.3) is 0 Å². The Labute approximate surface area is 112 Å². The van der Waals surface area contributed by atoms with Crippen LogP contribution in [0.2, 0.25) is 0 Å². The molecule has 0 bridgehead atoms. The fraction of sp³-hybridized carbons (Fsp3) is 0.538. The Morgan fingerprint density at radius 1 is 1.47 bits per heavy atom. The van der Waals surface area contributed by atoms with Crippen molar-refractivity contribution in [2.45, 2.75) is 26.3 Å². The Balaban J connectivity index is 2.87. The van der Waals surface area contributed by atoms with E-state index in [1.54, 1.807) is 12.1 Å². The van der Waals surface area contributed by atoms with Gasteiger partial charge in [0, 0.05) is 23.9 Å². The molecule has 1 aromatic rings. The first-order chi connectivity index (χ1) is 8.97. The molecule has 0 aliphatic heterocycles. The molecule has 6 heteroatoms. The standard InChI is InChI=1S/C13H20N2O4/c1-9(2)6-11(8-16)14-10-4-5-12(15(17)18)13(7-10)19-3/h4-5,7,9,11,14,16H,6,8H2,1-3H3. The van der Waals surface area contributed by atoms with Crippen LogP contribution in [0.3, 0.4) is 0 Å². The molecule has 0 spiro atoms. The molecule has 0 saturated heterocycles. The van der Waals surface area contributed by atoms with Crippen LogP contribution in [-0.2, 0) is 0 Å². The minimum absolute atomic E-state index is 0.0114. The highest BCUT2D eigenvalue weighted by Gasteiger charge is 2.16. The third kappa shape index (κ3) is 4.40. The minimum atomic E-state index is -0.486. The molecule has 0 aliphatic carbocycles. The van der Waals surface area contributed by atoms with Gasteiger partial charge in [0.2, 0.25) is 0 Å². The summed E-state index contributed by atoms with van der Waals surface area (Å²) in [7, 11) is 1.39. The van der Waals surface area contributed by atoms with Gasteiger partial charge in [0.05, 0.1) is 18.6 Å². The monoisotopic (exact) mass is 268 g/mol. The molecular weight excluding hydrogens is 248 g/mol. The predicted molar refractivity (Wildman–Crippen MR) is 73.6 cm³/mol. The van der Waals surface area contributed by atoms with Crippen LogP contribution in [-0.4, -0.2) is 29.8 Å². The van der Waals surface area contributed by atoms with Gasteiger partial charge in [0.1, 0.15) is 0 Å². The first kappa shape index (κ1) is 15.2. The van der Waals surface area contributed by atoms with E-state index in [2.05, 4.69) is 19.2 Å². The summed E-state index contributed by atoms with van der Waals surface area (Å²) in [6, 6.07) is 4.50. The highest BCUT2D eigenvalue weighted by atomic mass is 16.6. The smallest absolute Gasteiger partial charge is 0.311 e. The lowest BCUT2D eigenvalue weighted by atomic mass is 10.0. The number of ether oxygens (including phenoxy) is 1. The van der Waals surface area contributed by atoms with Crippen molar-refractivity contribution in [2.75, 3.05) is 19.0 Å². The zero-order valence-electron chi connectivity index (χ0n) is 11.4. The highest BCUT2D eigenvalue weighted by Crippen LogP contribution is 2.30. The topological polar surface area (TPSA) is 84.6 Å². The first-order valence-corrected chi connectivity index (χ1v) is 6.17. The van der Waals surface area contributed by atoms with Crippen molar-refractivity contribution >= 4 is 11.4 Å². The van der Waals surface area contributed by atoms with Gasteiger partial charge in [-0.2, -0.15) is 0 Å². The van der Waals surface area contributed by atoms with Crippen molar-refractivity contribution in [3.05, 3.63) is 28.3 Å². The molecule has 2 N–H and O–H groups in total. The van der Waals surface area contributed by atoms with E-state index in [-0.39, 0.29) is 24.1 Å². The number of nitro benzene ring substituents is 1. The van der Waals surface area contributed by atoms with E-state index in [1.807, 2.05) is 0 Å². The van der Waals surface area contributed by atoms with Crippen LogP contribution < -0.4 is 10.1 Å². The van der Waals surface area contributed by atoms with Gasteiger partial charge in [0.15, 0.2) is 5.75 Å². The Morgan fingerprint density at radius 2 is 2.16 bits per heavy atom. The lowest BCUT2D eigenvalue weighted by Crippen LogP contribution is -2.25. The average molecular weight is 268 g/mol. The molecule has 0 aliphatic rings. The molecule has 106 valence electrons. The van der Waals surface area contributed by atoms with Gasteiger partial charge < -0.3 is 15.2 Å². The second-order valence-electron chi connectivity index (χ2n) is 4.80. The highest BCUT2D eigenvalue weighted by molar-refractivity contribution is 5.58. The summed E-state index contributed by atoms with van der Waals surface area (Å²) in [6.07, 6.45) is 0.815. The van der Waals surface area contributed by atoms with Gasteiger partial charge in [-0.3, -0.25) is 10.1 Å². The molecule has 19 heavy (non-hydrogen) atoms. The van der Waals surface area contributed by atoms with Crippen LogP contribution in [0.1, 0.15) is 20.3 Å². The van der Waals surface area contributed by atoms with E-state index >= 15 is 0 Å². The SMILES string of the molecule is COc1cc(NC(CO)CC(C)C)ccc1[N+](=O)[O-]. The quantitative estimate of drug-likeness (QED) is 0.586. The van der Waals surface area contributed by atoms with Crippen molar-refractivity contribution in [3.63, 3.8) is 0 Å². The fourth-order valence-corrected chi connectivity index (χ4v) is 1.90. The molecule has 0 heterocycles. The van der Waals surface area contributed by atoms with Crippen molar-refractivity contribution in [1.82, 2.24) is 0 Å². The van der Waals surface area contributed by atoms with Gasteiger partial charge in [0.25, 0.3) is 0 Å². The lowest BCUT2D eigenvalue weighted by molar-refractivity contribution is -0.385. The predicted octanol–water partition coefficient (Wildman–Crippen LogP) is 2.42. The maximum absolute atomic E-state index is 10.8. The van der Waals surface area contributed by atoms with E-state index in [4.69, 9.17) is 4.74 Å². The van der Waals surface area contributed by atoms with Crippen LogP contribution >= 0.6 is 0 Å². The third-order valence-electron chi connectivity index (χ3n) is 2.72. The first-order valence-electron chi connectivity index (χ1n) is 6.17. The second-order valence-corrected chi connectivity index (χ2v) is 4.80. The number of nitrogens with one attached hydrogen (secondary N) is 1. The number of nitro groups is 1. The third-order valence-corrected chi connectivity index (χ3v) is 2.72. The number of hydrogen-bond acceptors (Lipinski definition) is 5. The summed E-state index contributed by atoms with van der Waals surface area (Å²) < 4.78 is 5.00. The van der Waals surface area contributed by atoms with Gasteiger partial charge in [-0.05, 0) is 18.4 Å². The molecule has 0 amide bonds. The van der Waals surface area contributed by atoms with Gasteiger partial charge in [-0.1, -0.05) is 13.8 Å². The average Bonchev–Trinajstić information content (AvgIpc) is 2.36. The molecular formula is C13H20N2O4. The fourth-order valence-electron chi connectivity index (χ4n) is 1.90. The summed E-state index contributed by atoms with van der Waals surface area (Å²) >= 11 is 0. The van der Waals surface area contributed by atoms with Crippen LogP contribution in [0.5, 0.6) is 5.75 Å². The summed E-state index contributed by atoms with van der Waals surface area (Å²) in [5.41, 5.74) is 0.625. The maximum atomic E-state index is 10.8. The number of aliphatic hydroxyl groups is 1. The van der Waals surface area contributed by atoms with Crippen LogP contribution in [0, 0.1) is 16.0 Å². The van der Waals surface area contributed by atoms with E-state index in [9.17, 15) is 15.2 Å². The number of hydrogen-bond donors (Lipinski definition) is 2. The minimum Gasteiger partial charge on any atom is -0.490 e. The number of anilines is 1. The summed E-state index contributed by atoms with van der Waals surface area (Å²) in [5, 5.41) is 23.2. The summed E-state index contributed by atoms with van der Waals surface area (Å²) in [6.45, 7) is 4.15. The maximum Gasteiger partial charge on any atom is 0.311 e. The van der Waals surface area contributed by atoms with Crippen molar-refractivity contribution in [3.8, 4) is 5.75 Å². The molecule has 1 unspecified atom stereocenters. The van der Waals surface area contributed by atoms with E-state index in [1.165, 1.54) is 13.2 Å². The molecule has 0 fully saturated rings. The van der Waals surface area contributed by atoms with E-state index in [0.717, 1.165) is 6.42 Å². The Kier molecular flexibility index (Phi) is 5.57. The number of rotatable bonds is 7. The number of aliphatic hydroxyl groups excluding tert-OH is 1. The Bertz CT molecular complexity index is 435. The van der Waals surface area contributed by atoms with Gasteiger partial charge in [-0.25, -0.2) is 0 Å². The molecule has 1 atom stereocenters. The van der Waals surface area contributed by atoms with Crippen molar-refractivity contribution < 1.29 is 14.8 Å². The second kappa shape index (κ2) is 6.94. The number of benzene rings is 1. The number of methoxy groups -OCH3 is 1. The zero-order chi connectivity index (χ0) is 14.4. The molecule has 1 aromatic carbocycles. The zero-order valence-corrected chi connectivity index (χ0v) is 11.4. The van der Waals surface area contributed by atoms with Crippen LogP contribution in [0.15, 0.2) is 18.2 Å². The summed E-state index contributed by atoms with van der Waals surface area (Å²) in [4.78, 5) is 10.3. The molecule has 0 aromatic heterocycles.